The standard InChI is InChI=1S/C23H27ClFNO4S/c24-23-9-12-5-14(10-23)21(15(6-12)11-23)30-20-8-19(25)18(7-17(20)13-1-2-13)22(27)26-31(28,29)16-3-4-16/h7-8,12-16,21H,1-6,9-11H2,(H,26,27)/t12?,14?,15?,21-,23+. The van der Waals surface area contributed by atoms with E-state index >= 15 is 0 Å². The monoisotopic (exact) mass is 467 g/mol. The molecule has 0 radical (unpaired) electrons. The highest BCUT2D eigenvalue weighted by Gasteiger charge is 2.56. The Morgan fingerprint density at radius 1 is 1.10 bits per heavy atom. The van der Waals surface area contributed by atoms with Crippen LogP contribution < -0.4 is 9.46 Å². The van der Waals surface area contributed by atoms with Gasteiger partial charge >= 0.3 is 0 Å². The molecule has 8 heteroatoms. The fraction of sp³-hybridized carbons (Fsp3) is 0.696. The van der Waals surface area contributed by atoms with Crippen molar-refractivity contribution in [3.8, 4) is 5.75 Å². The van der Waals surface area contributed by atoms with Gasteiger partial charge in [0.1, 0.15) is 17.7 Å². The largest absolute Gasteiger partial charge is 0.489 e. The maximum atomic E-state index is 15.0. The van der Waals surface area contributed by atoms with Crippen LogP contribution in [0.5, 0.6) is 5.75 Å². The molecule has 168 valence electrons. The summed E-state index contributed by atoms with van der Waals surface area (Å²) in [5, 5.41) is -0.535. The fourth-order valence-corrected chi connectivity index (χ4v) is 8.33. The Morgan fingerprint density at radius 2 is 1.77 bits per heavy atom. The Labute approximate surface area is 187 Å². The molecule has 0 saturated heterocycles. The smallest absolute Gasteiger partial charge is 0.267 e. The lowest BCUT2D eigenvalue weighted by atomic mass is 9.54. The van der Waals surface area contributed by atoms with E-state index < -0.39 is 27.0 Å². The van der Waals surface area contributed by atoms with Crippen LogP contribution in [-0.4, -0.2) is 30.6 Å². The molecule has 1 amide bonds. The first-order chi connectivity index (χ1) is 14.7. The minimum Gasteiger partial charge on any atom is -0.489 e. The molecule has 2 atom stereocenters. The number of ether oxygens (including phenoxy) is 1. The highest BCUT2D eigenvalue weighted by Crippen LogP contribution is 2.59. The van der Waals surface area contributed by atoms with Gasteiger partial charge in [0.05, 0.1) is 10.8 Å². The van der Waals surface area contributed by atoms with Crippen molar-refractivity contribution in [3.05, 3.63) is 29.1 Å². The van der Waals surface area contributed by atoms with Crippen molar-refractivity contribution < 1.29 is 22.3 Å². The summed E-state index contributed by atoms with van der Waals surface area (Å²) in [5.74, 6) is 0.586. The molecule has 0 heterocycles. The summed E-state index contributed by atoms with van der Waals surface area (Å²) in [6.45, 7) is 0. The summed E-state index contributed by atoms with van der Waals surface area (Å²) in [6.07, 6.45) is 8.30. The van der Waals surface area contributed by atoms with Gasteiger partial charge in [-0.25, -0.2) is 17.5 Å². The van der Waals surface area contributed by atoms with Crippen molar-refractivity contribution in [2.75, 3.05) is 0 Å². The number of carbonyl (C=O) groups is 1. The molecular weight excluding hydrogens is 441 g/mol. The molecule has 4 bridgehead atoms. The second kappa shape index (κ2) is 6.83. The summed E-state index contributed by atoms with van der Waals surface area (Å²) >= 11 is 6.84. The minimum atomic E-state index is -3.73. The van der Waals surface area contributed by atoms with Gasteiger partial charge in [0.25, 0.3) is 5.91 Å². The van der Waals surface area contributed by atoms with Crippen LogP contribution in [0.25, 0.3) is 0 Å². The van der Waals surface area contributed by atoms with Crippen molar-refractivity contribution in [2.24, 2.45) is 17.8 Å². The van der Waals surface area contributed by atoms with E-state index in [1.165, 1.54) is 12.1 Å². The molecule has 1 aromatic carbocycles. The summed E-state index contributed by atoms with van der Waals surface area (Å²) in [7, 11) is -3.73. The van der Waals surface area contributed by atoms with E-state index in [0.29, 0.717) is 36.3 Å². The lowest BCUT2D eigenvalue weighted by Crippen LogP contribution is -2.56. The summed E-state index contributed by atoms with van der Waals surface area (Å²) in [5.41, 5.74) is 0.605. The second-order valence-corrected chi connectivity index (χ2v) is 13.3. The maximum absolute atomic E-state index is 15.0. The number of alkyl halides is 1. The molecule has 2 unspecified atom stereocenters. The van der Waals surface area contributed by atoms with E-state index in [0.717, 1.165) is 50.5 Å². The summed E-state index contributed by atoms with van der Waals surface area (Å²) in [4.78, 5) is 12.5. The van der Waals surface area contributed by atoms with E-state index in [-0.39, 0.29) is 22.5 Å². The normalized spacial score (nSPS) is 36.5. The number of benzene rings is 1. The van der Waals surface area contributed by atoms with Crippen molar-refractivity contribution in [1.82, 2.24) is 4.72 Å². The van der Waals surface area contributed by atoms with Crippen LogP contribution in [0.4, 0.5) is 4.39 Å². The van der Waals surface area contributed by atoms with Gasteiger partial charge in [0.15, 0.2) is 0 Å². The molecule has 31 heavy (non-hydrogen) atoms. The van der Waals surface area contributed by atoms with Gasteiger partial charge in [-0.3, -0.25) is 4.79 Å². The van der Waals surface area contributed by atoms with E-state index in [2.05, 4.69) is 0 Å². The number of amides is 1. The van der Waals surface area contributed by atoms with Gasteiger partial charge in [-0.05, 0) is 93.1 Å². The molecule has 0 aromatic heterocycles. The molecular formula is C23H27ClFNO4S. The van der Waals surface area contributed by atoms with Gasteiger partial charge in [-0.1, -0.05) is 0 Å². The highest BCUT2D eigenvalue weighted by atomic mass is 35.5. The number of halogens is 2. The van der Waals surface area contributed by atoms with Crippen LogP contribution in [-0.2, 0) is 10.0 Å². The van der Waals surface area contributed by atoms with E-state index in [1.807, 2.05) is 4.72 Å². The maximum Gasteiger partial charge on any atom is 0.267 e. The van der Waals surface area contributed by atoms with Crippen LogP contribution in [0, 0.1) is 23.6 Å². The first kappa shape index (κ1) is 20.3. The molecule has 0 spiro atoms. The minimum absolute atomic E-state index is 0.0373. The fourth-order valence-electron chi connectivity index (χ4n) is 6.42. The zero-order valence-corrected chi connectivity index (χ0v) is 18.9. The van der Waals surface area contributed by atoms with Crippen molar-refractivity contribution in [1.29, 1.82) is 0 Å². The Kier molecular flexibility index (Phi) is 4.47. The quantitative estimate of drug-likeness (QED) is 0.625. The molecule has 6 saturated carbocycles. The molecule has 5 nitrogen and oxygen atoms in total. The summed E-state index contributed by atoms with van der Waals surface area (Å²) in [6, 6.07) is 2.81. The number of rotatable bonds is 6. The molecule has 7 rings (SSSR count). The average Bonchev–Trinajstić information content (AvgIpc) is 3.55. The zero-order chi connectivity index (χ0) is 21.5. The molecule has 6 aliphatic carbocycles. The Bertz CT molecular complexity index is 1040. The van der Waals surface area contributed by atoms with Gasteiger partial charge in [-0.2, -0.15) is 0 Å². The first-order valence-corrected chi connectivity index (χ1v) is 13.4. The lowest BCUT2D eigenvalue weighted by Gasteiger charge is -2.57. The van der Waals surface area contributed by atoms with Crippen LogP contribution >= 0.6 is 11.6 Å². The van der Waals surface area contributed by atoms with Crippen LogP contribution in [0.3, 0.4) is 0 Å². The Hall–Kier alpha value is -1.34. The predicted molar refractivity (Wildman–Crippen MR) is 114 cm³/mol. The molecule has 6 fully saturated rings. The van der Waals surface area contributed by atoms with E-state index in [1.54, 1.807) is 0 Å². The molecule has 6 aliphatic rings. The average molecular weight is 468 g/mol. The van der Waals surface area contributed by atoms with Gasteiger partial charge < -0.3 is 4.74 Å². The van der Waals surface area contributed by atoms with E-state index in [9.17, 15) is 17.6 Å². The van der Waals surface area contributed by atoms with Crippen molar-refractivity contribution in [2.45, 2.75) is 79.9 Å². The van der Waals surface area contributed by atoms with Gasteiger partial charge in [0.2, 0.25) is 10.0 Å². The lowest BCUT2D eigenvalue weighted by molar-refractivity contribution is -0.0700. The highest BCUT2D eigenvalue weighted by molar-refractivity contribution is 7.91. The Morgan fingerprint density at radius 3 is 2.35 bits per heavy atom. The summed E-state index contributed by atoms with van der Waals surface area (Å²) < 4.78 is 47.8. The number of hydrogen-bond donors (Lipinski definition) is 1. The number of carbonyl (C=O) groups excluding carboxylic acids is 1. The zero-order valence-electron chi connectivity index (χ0n) is 17.3. The van der Waals surface area contributed by atoms with E-state index in [4.69, 9.17) is 16.3 Å². The van der Waals surface area contributed by atoms with Crippen molar-refractivity contribution in [3.63, 3.8) is 0 Å². The molecule has 1 N–H and O–H groups in total. The molecule has 0 aliphatic heterocycles. The number of sulfonamides is 1. The predicted octanol–water partition coefficient (Wildman–Crippen LogP) is 4.49. The Balaban J connectivity index is 1.27. The SMILES string of the molecule is O=C(NS(=O)(=O)C1CC1)c1cc(C2CC2)c(O[C@H]2C3CC4CC2C[C@@](Cl)(C4)C3)cc1F. The van der Waals surface area contributed by atoms with Crippen LogP contribution in [0.1, 0.15) is 79.6 Å². The number of hydrogen-bond acceptors (Lipinski definition) is 4. The second-order valence-electron chi connectivity index (χ2n) is 10.5. The van der Waals surface area contributed by atoms with Crippen LogP contribution in [0.15, 0.2) is 12.1 Å². The molecule has 1 aromatic rings. The number of nitrogens with one attached hydrogen (secondary N) is 1. The third-order valence-corrected chi connectivity index (χ3v) is 10.2. The van der Waals surface area contributed by atoms with Gasteiger partial charge in [-0.15, -0.1) is 11.6 Å². The third kappa shape index (κ3) is 3.65. The third-order valence-electron chi connectivity index (χ3n) is 7.93. The topological polar surface area (TPSA) is 72.5 Å². The van der Waals surface area contributed by atoms with Gasteiger partial charge in [0, 0.05) is 10.9 Å². The first-order valence-electron chi connectivity index (χ1n) is 11.5. The van der Waals surface area contributed by atoms with Crippen molar-refractivity contribution >= 4 is 27.5 Å². The van der Waals surface area contributed by atoms with Crippen LogP contribution in [0.2, 0.25) is 0 Å².